The molecule has 1 rings (SSSR count). The summed E-state index contributed by atoms with van der Waals surface area (Å²) in [5.41, 5.74) is 0. The molecular formula is C13H23N3O4. The molecule has 1 heterocycles. The molecule has 0 bridgehead atoms. The highest BCUT2D eigenvalue weighted by Crippen LogP contribution is 2.07. The number of carboxylic acids is 1. The number of likely N-dealkylation sites (tertiary alicyclic amines) is 1. The van der Waals surface area contributed by atoms with Crippen molar-refractivity contribution in [2.45, 2.75) is 32.6 Å². The van der Waals surface area contributed by atoms with Crippen LogP contribution in [0.1, 0.15) is 32.6 Å². The molecule has 7 nitrogen and oxygen atoms in total. The Morgan fingerprint density at radius 3 is 2.40 bits per heavy atom. The lowest BCUT2D eigenvalue weighted by atomic mass is 10.0. The summed E-state index contributed by atoms with van der Waals surface area (Å²) in [6.45, 7) is 3.43. The Hall–Kier alpha value is -1.79. The second-order valence-corrected chi connectivity index (χ2v) is 4.98. The van der Waals surface area contributed by atoms with Gasteiger partial charge in [0.15, 0.2) is 0 Å². The van der Waals surface area contributed by atoms with E-state index >= 15 is 0 Å². The highest BCUT2D eigenvalue weighted by atomic mass is 16.4. The zero-order valence-corrected chi connectivity index (χ0v) is 11.9. The van der Waals surface area contributed by atoms with Crippen LogP contribution in [0.3, 0.4) is 0 Å². The van der Waals surface area contributed by atoms with Crippen molar-refractivity contribution < 1.29 is 19.5 Å². The van der Waals surface area contributed by atoms with Crippen molar-refractivity contribution >= 4 is 17.9 Å². The molecule has 1 unspecified atom stereocenters. The molecule has 1 aliphatic heterocycles. The monoisotopic (exact) mass is 285 g/mol. The number of carbonyl (C=O) groups is 3. The van der Waals surface area contributed by atoms with Crippen LogP contribution in [-0.4, -0.2) is 54.1 Å². The highest BCUT2D eigenvalue weighted by Gasteiger charge is 2.19. The van der Waals surface area contributed by atoms with E-state index < -0.39 is 17.9 Å². The zero-order chi connectivity index (χ0) is 15.0. The normalized spacial score (nSPS) is 15.8. The minimum absolute atomic E-state index is 0.0443. The summed E-state index contributed by atoms with van der Waals surface area (Å²) >= 11 is 0. The third kappa shape index (κ3) is 5.46. The van der Waals surface area contributed by atoms with Crippen molar-refractivity contribution in [3.8, 4) is 0 Å². The lowest BCUT2D eigenvalue weighted by Crippen LogP contribution is -2.44. The van der Waals surface area contributed by atoms with Gasteiger partial charge in [-0.2, -0.15) is 0 Å². The largest absolute Gasteiger partial charge is 0.481 e. The van der Waals surface area contributed by atoms with Crippen LogP contribution in [0.2, 0.25) is 0 Å². The molecule has 0 aromatic rings. The zero-order valence-electron chi connectivity index (χ0n) is 11.9. The van der Waals surface area contributed by atoms with Crippen LogP contribution in [0.5, 0.6) is 0 Å². The van der Waals surface area contributed by atoms with Gasteiger partial charge < -0.3 is 20.6 Å². The summed E-state index contributed by atoms with van der Waals surface area (Å²) in [6, 6.07) is -0.500. The van der Waals surface area contributed by atoms with Gasteiger partial charge in [0, 0.05) is 19.6 Å². The number of carboxylic acid groups (broad SMARTS) is 1. The molecule has 114 valence electrons. The van der Waals surface area contributed by atoms with Crippen molar-refractivity contribution in [2.24, 2.45) is 5.92 Å². The average Bonchev–Trinajstić information content (AvgIpc) is 2.94. The third-order valence-corrected chi connectivity index (χ3v) is 3.35. The van der Waals surface area contributed by atoms with Gasteiger partial charge in [0.25, 0.3) is 0 Å². The maximum atomic E-state index is 11.7. The first-order valence-electron chi connectivity index (χ1n) is 7.06. The summed E-state index contributed by atoms with van der Waals surface area (Å²) in [6.07, 6.45) is 3.28. The van der Waals surface area contributed by atoms with E-state index in [2.05, 4.69) is 10.6 Å². The first-order valence-corrected chi connectivity index (χ1v) is 7.06. The van der Waals surface area contributed by atoms with E-state index in [9.17, 15) is 14.4 Å². The van der Waals surface area contributed by atoms with E-state index in [-0.39, 0.29) is 19.0 Å². The Kier molecular flexibility index (Phi) is 6.83. The maximum absolute atomic E-state index is 11.7. The van der Waals surface area contributed by atoms with E-state index in [1.54, 1.807) is 4.90 Å². The minimum Gasteiger partial charge on any atom is -0.481 e. The molecule has 3 amide bonds. The van der Waals surface area contributed by atoms with Crippen LogP contribution in [0.15, 0.2) is 0 Å². The maximum Gasteiger partial charge on any atom is 0.315 e. The quantitative estimate of drug-likeness (QED) is 0.631. The van der Waals surface area contributed by atoms with Crippen molar-refractivity contribution in [2.75, 3.05) is 26.2 Å². The van der Waals surface area contributed by atoms with Crippen molar-refractivity contribution in [3.63, 3.8) is 0 Å². The molecule has 0 aromatic heterocycles. The van der Waals surface area contributed by atoms with Crippen molar-refractivity contribution in [1.29, 1.82) is 0 Å². The van der Waals surface area contributed by atoms with Gasteiger partial charge in [-0.25, -0.2) is 4.79 Å². The Labute approximate surface area is 118 Å². The number of rotatable bonds is 7. The molecular weight excluding hydrogens is 262 g/mol. The first-order chi connectivity index (χ1) is 9.54. The number of carbonyl (C=O) groups excluding carboxylic acids is 2. The summed E-state index contributed by atoms with van der Waals surface area (Å²) in [5, 5.41) is 13.9. The topological polar surface area (TPSA) is 98.7 Å². The molecule has 0 radical (unpaired) electrons. The van der Waals surface area contributed by atoms with Gasteiger partial charge in [-0.15, -0.1) is 0 Å². The molecule has 1 saturated heterocycles. The van der Waals surface area contributed by atoms with E-state index in [0.29, 0.717) is 6.42 Å². The van der Waals surface area contributed by atoms with E-state index in [1.807, 2.05) is 6.92 Å². The predicted octanol–water partition coefficient (Wildman–Crippen LogP) is 0.409. The standard InChI is InChI=1S/C13H23N3O4/c1-2-5-10(12(18)19)8-14-13(20)15-9-11(17)16-6-3-4-7-16/h10H,2-9H2,1H3,(H,18,19)(H2,14,15,20). The van der Waals surface area contributed by atoms with Crippen LogP contribution in [0, 0.1) is 5.92 Å². The van der Waals surface area contributed by atoms with Gasteiger partial charge in [-0.1, -0.05) is 13.3 Å². The van der Waals surface area contributed by atoms with Crippen LogP contribution in [0.4, 0.5) is 4.79 Å². The number of urea groups is 1. The summed E-state index contributed by atoms with van der Waals surface area (Å²) < 4.78 is 0. The smallest absolute Gasteiger partial charge is 0.315 e. The average molecular weight is 285 g/mol. The van der Waals surface area contributed by atoms with Gasteiger partial charge in [0.05, 0.1) is 12.5 Å². The lowest BCUT2D eigenvalue weighted by Gasteiger charge is -2.16. The molecule has 1 aliphatic rings. The molecule has 0 saturated carbocycles. The number of nitrogens with zero attached hydrogens (tertiary/aromatic N) is 1. The fourth-order valence-corrected chi connectivity index (χ4v) is 2.17. The molecule has 3 N–H and O–H groups in total. The molecule has 7 heteroatoms. The highest BCUT2D eigenvalue weighted by molar-refractivity contribution is 5.84. The Morgan fingerprint density at radius 2 is 1.85 bits per heavy atom. The van der Waals surface area contributed by atoms with Gasteiger partial charge in [0.2, 0.25) is 5.91 Å². The molecule has 1 atom stereocenters. The fourth-order valence-electron chi connectivity index (χ4n) is 2.17. The van der Waals surface area contributed by atoms with E-state index in [4.69, 9.17) is 5.11 Å². The van der Waals surface area contributed by atoms with Gasteiger partial charge in [-0.3, -0.25) is 9.59 Å². The van der Waals surface area contributed by atoms with Crippen LogP contribution < -0.4 is 10.6 Å². The van der Waals surface area contributed by atoms with E-state index in [1.165, 1.54) is 0 Å². The number of amides is 3. The first kappa shape index (κ1) is 16.3. The number of hydrogen-bond acceptors (Lipinski definition) is 3. The Bertz CT molecular complexity index is 354. The van der Waals surface area contributed by atoms with Gasteiger partial charge in [-0.05, 0) is 19.3 Å². The second-order valence-electron chi connectivity index (χ2n) is 4.98. The summed E-state index contributed by atoms with van der Waals surface area (Å²) in [5.74, 6) is -1.60. The Morgan fingerprint density at radius 1 is 1.20 bits per heavy atom. The Balaban J connectivity index is 2.22. The SMILES string of the molecule is CCCC(CNC(=O)NCC(=O)N1CCCC1)C(=O)O. The lowest BCUT2D eigenvalue weighted by molar-refractivity contribution is -0.141. The summed E-state index contributed by atoms with van der Waals surface area (Å²) in [4.78, 5) is 35.8. The van der Waals surface area contributed by atoms with Crippen molar-refractivity contribution in [3.05, 3.63) is 0 Å². The van der Waals surface area contributed by atoms with E-state index in [0.717, 1.165) is 32.4 Å². The number of nitrogens with one attached hydrogen (secondary N) is 2. The minimum atomic E-state index is -0.916. The molecule has 0 aromatic carbocycles. The number of hydrogen-bond donors (Lipinski definition) is 3. The fraction of sp³-hybridized carbons (Fsp3) is 0.769. The molecule has 0 spiro atoms. The van der Waals surface area contributed by atoms with Crippen LogP contribution in [0.25, 0.3) is 0 Å². The molecule has 0 aliphatic carbocycles. The molecule has 1 fully saturated rings. The van der Waals surface area contributed by atoms with Gasteiger partial charge >= 0.3 is 12.0 Å². The number of aliphatic carboxylic acids is 1. The summed E-state index contributed by atoms with van der Waals surface area (Å²) in [7, 11) is 0. The predicted molar refractivity (Wildman–Crippen MR) is 73.2 cm³/mol. The van der Waals surface area contributed by atoms with Gasteiger partial charge in [0.1, 0.15) is 0 Å². The van der Waals surface area contributed by atoms with Crippen LogP contribution in [-0.2, 0) is 9.59 Å². The second kappa shape index (κ2) is 8.39. The molecule has 20 heavy (non-hydrogen) atoms. The third-order valence-electron chi connectivity index (χ3n) is 3.35. The van der Waals surface area contributed by atoms with Crippen LogP contribution >= 0.6 is 0 Å². The van der Waals surface area contributed by atoms with Crippen molar-refractivity contribution in [1.82, 2.24) is 15.5 Å².